The fourth-order valence-electron chi connectivity index (χ4n) is 2.22. The van der Waals surface area contributed by atoms with Crippen molar-refractivity contribution >= 4 is 23.4 Å². The van der Waals surface area contributed by atoms with Gasteiger partial charge in [-0.1, -0.05) is 23.7 Å². The van der Waals surface area contributed by atoms with Gasteiger partial charge in [0, 0.05) is 31.6 Å². The lowest BCUT2D eigenvalue weighted by Gasteiger charge is -2.21. The Kier molecular flexibility index (Phi) is 7.41. The molecule has 0 radical (unpaired) electrons. The summed E-state index contributed by atoms with van der Waals surface area (Å²) in [5.41, 5.74) is 0.819. The van der Waals surface area contributed by atoms with Crippen LogP contribution in [-0.2, 0) is 16.1 Å². The molecular weight excluding hydrogens is 359 g/mol. The van der Waals surface area contributed by atoms with Crippen molar-refractivity contribution in [2.24, 2.45) is 0 Å². The number of halogens is 2. The molecule has 2 amide bonds. The number of nitrogens with zero attached hydrogens (tertiary/aromatic N) is 1. The largest absolute Gasteiger partial charge is 0.484 e. The Bertz CT molecular complexity index is 735. The molecule has 2 aromatic rings. The maximum absolute atomic E-state index is 12.9. The van der Waals surface area contributed by atoms with E-state index in [1.165, 1.54) is 19.1 Å². The summed E-state index contributed by atoms with van der Waals surface area (Å²) >= 11 is 5.78. The van der Waals surface area contributed by atoms with Gasteiger partial charge in [-0.15, -0.1) is 0 Å². The summed E-state index contributed by atoms with van der Waals surface area (Å²) in [7, 11) is 0. The molecule has 0 aliphatic carbocycles. The summed E-state index contributed by atoms with van der Waals surface area (Å²) in [6.45, 7) is 2.32. The van der Waals surface area contributed by atoms with E-state index in [0.717, 1.165) is 5.56 Å². The summed E-state index contributed by atoms with van der Waals surface area (Å²) in [6, 6.07) is 12.7. The molecule has 138 valence electrons. The SMILES string of the molecule is CC(=O)N(CCNC(=O)COc1ccc(Cl)cc1)Cc1ccc(F)cc1. The summed E-state index contributed by atoms with van der Waals surface area (Å²) in [5, 5.41) is 3.29. The molecule has 26 heavy (non-hydrogen) atoms. The Morgan fingerprint density at radius 3 is 2.38 bits per heavy atom. The quantitative estimate of drug-likeness (QED) is 0.768. The maximum atomic E-state index is 12.9. The van der Waals surface area contributed by atoms with E-state index in [2.05, 4.69) is 5.32 Å². The zero-order chi connectivity index (χ0) is 18.9. The fourth-order valence-corrected chi connectivity index (χ4v) is 2.35. The normalized spacial score (nSPS) is 10.3. The molecule has 0 aliphatic rings. The van der Waals surface area contributed by atoms with Crippen LogP contribution in [0.5, 0.6) is 5.75 Å². The summed E-state index contributed by atoms with van der Waals surface area (Å²) in [6.07, 6.45) is 0. The van der Waals surface area contributed by atoms with E-state index in [4.69, 9.17) is 16.3 Å². The van der Waals surface area contributed by atoms with E-state index >= 15 is 0 Å². The van der Waals surface area contributed by atoms with Gasteiger partial charge in [-0.2, -0.15) is 0 Å². The highest BCUT2D eigenvalue weighted by Gasteiger charge is 2.10. The number of hydrogen-bond acceptors (Lipinski definition) is 3. The van der Waals surface area contributed by atoms with Crippen LogP contribution in [0, 0.1) is 5.82 Å². The van der Waals surface area contributed by atoms with Crippen LogP contribution in [0.15, 0.2) is 48.5 Å². The van der Waals surface area contributed by atoms with Crippen molar-refractivity contribution in [2.75, 3.05) is 19.7 Å². The van der Waals surface area contributed by atoms with Gasteiger partial charge in [-0.05, 0) is 42.0 Å². The summed E-state index contributed by atoms with van der Waals surface area (Å²) in [4.78, 5) is 25.1. The average molecular weight is 379 g/mol. The molecule has 7 heteroatoms. The van der Waals surface area contributed by atoms with Crippen LogP contribution in [0.25, 0.3) is 0 Å². The Morgan fingerprint density at radius 2 is 1.77 bits per heavy atom. The molecule has 0 unspecified atom stereocenters. The lowest BCUT2D eigenvalue weighted by molar-refractivity contribution is -0.130. The van der Waals surface area contributed by atoms with Gasteiger partial charge in [0.1, 0.15) is 11.6 Å². The smallest absolute Gasteiger partial charge is 0.258 e. The first-order valence-electron chi connectivity index (χ1n) is 8.09. The van der Waals surface area contributed by atoms with Crippen LogP contribution in [0.4, 0.5) is 4.39 Å². The molecule has 0 bridgehead atoms. The van der Waals surface area contributed by atoms with Crippen LogP contribution in [-0.4, -0.2) is 36.4 Å². The Balaban J connectivity index is 1.74. The van der Waals surface area contributed by atoms with Crippen molar-refractivity contribution in [3.05, 3.63) is 64.9 Å². The van der Waals surface area contributed by atoms with Gasteiger partial charge in [0.25, 0.3) is 5.91 Å². The molecule has 0 saturated heterocycles. The fraction of sp³-hybridized carbons (Fsp3) is 0.263. The number of carbonyl (C=O) groups excluding carboxylic acids is 2. The average Bonchev–Trinajstić information content (AvgIpc) is 2.62. The third-order valence-electron chi connectivity index (χ3n) is 3.62. The third kappa shape index (κ3) is 6.72. The summed E-state index contributed by atoms with van der Waals surface area (Å²) < 4.78 is 18.3. The van der Waals surface area contributed by atoms with Crippen molar-refractivity contribution < 1.29 is 18.7 Å². The van der Waals surface area contributed by atoms with Gasteiger partial charge in [0.15, 0.2) is 6.61 Å². The van der Waals surface area contributed by atoms with Crippen molar-refractivity contribution in [2.45, 2.75) is 13.5 Å². The van der Waals surface area contributed by atoms with Crippen LogP contribution in [0.2, 0.25) is 5.02 Å². The number of carbonyl (C=O) groups is 2. The van der Waals surface area contributed by atoms with Crippen LogP contribution in [0.3, 0.4) is 0 Å². The first-order chi connectivity index (χ1) is 12.4. The topological polar surface area (TPSA) is 58.6 Å². The standard InChI is InChI=1S/C19H20ClFN2O3/c1-14(24)23(12-15-2-6-17(21)7-3-15)11-10-22-19(25)13-26-18-8-4-16(20)5-9-18/h2-9H,10-13H2,1H3,(H,22,25). The van der Waals surface area contributed by atoms with Gasteiger partial charge >= 0.3 is 0 Å². The molecule has 0 spiro atoms. The highest BCUT2D eigenvalue weighted by Crippen LogP contribution is 2.15. The van der Waals surface area contributed by atoms with Gasteiger partial charge in [0.05, 0.1) is 0 Å². The van der Waals surface area contributed by atoms with E-state index in [1.54, 1.807) is 41.3 Å². The van der Waals surface area contributed by atoms with Gasteiger partial charge < -0.3 is 15.0 Å². The van der Waals surface area contributed by atoms with E-state index < -0.39 is 0 Å². The van der Waals surface area contributed by atoms with E-state index in [1.807, 2.05) is 0 Å². The monoisotopic (exact) mass is 378 g/mol. The van der Waals surface area contributed by atoms with Crippen molar-refractivity contribution in [1.82, 2.24) is 10.2 Å². The molecule has 0 fully saturated rings. The van der Waals surface area contributed by atoms with Crippen LogP contribution < -0.4 is 10.1 Å². The van der Waals surface area contributed by atoms with Crippen LogP contribution >= 0.6 is 11.6 Å². The van der Waals surface area contributed by atoms with Gasteiger partial charge in [0.2, 0.25) is 5.91 Å². The number of hydrogen-bond donors (Lipinski definition) is 1. The van der Waals surface area contributed by atoms with Crippen LogP contribution in [0.1, 0.15) is 12.5 Å². The zero-order valence-corrected chi connectivity index (χ0v) is 15.1. The van der Waals surface area contributed by atoms with E-state index in [9.17, 15) is 14.0 Å². The van der Waals surface area contributed by atoms with Gasteiger partial charge in [-0.3, -0.25) is 9.59 Å². The molecule has 2 rings (SSSR count). The van der Waals surface area contributed by atoms with Crippen molar-refractivity contribution in [3.8, 4) is 5.75 Å². The molecule has 1 N–H and O–H groups in total. The number of ether oxygens (including phenoxy) is 1. The molecular formula is C19H20ClFN2O3. The third-order valence-corrected chi connectivity index (χ3v) is 3.87. The second-order valence-corrected chi connectivity index (χ2v) is 6.10. The lowest BCUT2D eigenvalue weighted by Crippen LogP contribution is -2.38. The first kappa shape index (κ1) is 19.7. The molecule has 0 saturated carbocycles. The predicted octanol–water partition coefficient (Wildman–Crippen LogP) is 3.02. The Labute approximate surface area is 156 Å². The highest BCUT2D eigenvalue weighted by atomic mass is 35.5. The molecule has 2 aromatic carbocycles. The number of amides is 2. The van der Waals surface area contributed by atoms with Gasteiger partial charge in [-0.25, -0.2) is 4.39 Å². The molecule has 0 aromatic heterocycles. The first-order valence-corrected chi connectivity index (χ1v) is 8.47. The Morgan fingerprint density at radius 1 is 1.12 bits per heavy atom. The van der Waals surface area contributed by atoms with Crippen molar-refractivity contribution in [3.63, 3.8) is 0 Å². The second-order valence-electron chi connectivity index (χ2n) is 5.66. The van der Waals surface area contributed by atoms with Crippen molar-refractivity contribution in [1.29, 1.82) is 0 Å². The number of rotatable bonds is 8. The molecule has 0 heterocycles. The van der Waals surface area contributed by atoms with E-state index in [-0.39, 0.29) is 24.2 Å². The minimum absolute atomic E-state index is 0.124. The number of nitrogens with one attached hydrogen (secondary N) is 1. The molecule has 5 nitrogen and oxygen atoms in total. The minimum Gasteiger partial charge on any atom is -0.484 e. The lowest BCUT2D eigenvalue weighted by atomic mass is 10.2. The zero-order valence-electron chi connectivity index (χ0n) is 14.4. The summed E-state index contributed by atoms with van der Waals surface area (Å²) in [5.74, 6) is -0.187. The Hall–Kier alpha value is -2.60. The highest BCUT2D eigenvalue weighted by molar-refractivity contribution is 6.30. The minimum atomic E-state index is -0.323. The molecule has 0 atom stereocenters. The van der Waals surface area contributed by atoms with E-state index in [0.29, 0.717) is 30.4 Å². The molecule has 0 aliphatic heterocycles. The maximum Gasteiger partial charge on any atom is 0.258 e. The predicted molar refractivity (Wildman–Crippen MR) is 97.4 cm³/mol. The second kappa shape index (κ2) is 9.77. The number of benzene rings is 2.